The molecule has 0 amide bonds. The van der Waals surface area contributed by atoms with E-state index in [0.29, 0.717) is 6.54 Å². The van der Waals surface area contributed by atoms with Gasteiger partial charge in [-0.1, -0.05) is 5.16 Å². The predicted octanol–water partition coefficient (Wildman–Crippen LogP) is 0.839. The van der Waals surface area contributed by atoms with Gasteiger partial charge in [-0.05, 0) is 26.3 Å². The molecule has 0 radical (unpaired) electrons. The Labute approximate surface area is 114 Å². The van der Waals surface area contributed by atoms with E-state index in [1.165, 1.54) is 10.6 Å². The molecule has 2 rings (SSSR count). The van der Waals surface area contributed by atoms with E-state index in [4.69, 9.17) is 4.52 Å². The van der Waals surface area contributed by atoms with Crippen molar-refractivity contribution in [2.45, 2.75) is 32.4 Å². The summed E-state index contributed by atoms with van der Waals surface area (Å²) < 4.78 is 29.7. The highest BCUT2D eigenvalue weighted by Gasteiger charge is 2.28. The molecule has 1 unspecified atom stereocenters. The van der Waals surface area contributed by atoms with Crippen LogP contribution in [0.15, 0.2) is 10.6 Å². The number of piperidine rings is 1. The molecule has 1 saturated heterocycles. The first-order chi connectivity index (χ1) is 8.86. The third-order valence-electron chi connectivity index (χ3n) is 3.58. The van der Waals surface area contributed by atoms with Gasteiger partial charge in [0.15, 0.2) is 0 Å². The van der Waals surface area contributed by atoms with Gasteiger partial charge in [-0.15, -0.1) is 0 Å². The lowest BCUT2D eigenvalue weighted by Crippen LogP contribution is -2.47. The van der Waals surface area contributed by atoms with Gasteiger partial charge in [-0.25, -0.2) is 12.7 Å². The van der Waals surface area contributed by atoms with Crippen LogP contribution >= 0.6 is 0 Å². The van der Waals surface area contributed by atoms with Crippen molar-refractivity contribution < 1.29 is 12.9 Å². The Bertz CT molecular complexity index is 526. The van der Waals surface area contributed by atoms with Gasteiger partial charge in [-0.3, -0.25) is 4.90 Å². The van der Waals surface area contributed by atoms with Crippen molar-refractivity contribution in [1.82, 2.24) is 14.4 Å². The average Bonchev–Trinajstić information content (AvgIpc) is 2.73. The number of nitrogens with zero attached hydrogens (tertiary/aromatic N) is 3. The minimum Gasteiger partial charge on any atom is -0.361 e. The van der Waals surface area contributed by atoms with Crippen molar-refractivity contribution in [1.29, 1.82) is 0 Å². The third-order valence-corrected chi connectivity index (χ3v) is 4.92. The average molecular weight is 287 g/mol. The summed E-state index contributed by atoms with van der Waals surface area (Å²) in [6, 6.07) is 1.97. The maximum Gasteiger partial charge on any atom is 0.211 e. The summed E-state index contributed by atoms with van der Waals surface area (Å²) in [4.78, 5) is 2.23. The second-order valence-corrected chi connectivity index (χ2v) is 7.28. The number of hydrogen-bond acceptors (Lipinski definition) is 5. The van der Waals surface area contributed by atoms with Crippen molar-refractivity contribution in [3.05, 3.63) is 17.5 Å². The van der Waals surface area contributed by atoms with Crippen LogP contribution < -0.4 is 0 Å². The molecule has 0 spiro atoms. The molecular formula is C12H21N3O3S. The van der Waals surface area contributed by atoms with Gasteiger partial charge in [0.25, 0.3) is 0 Å². The van der Waals surface area contributed by atoms with Gasteiger partial charge < -0.3 is 4.52 Å². The normalized spacial score (nSPS) is 22.0. The fourth-order valence-electron chi connectivity index (χ4n) is 2.46. The molecule has 0 aliphatic carbocycles. The van der Waals surface area contributed by atoms with Crippen LogP contribution in [0.4, 0.5) is 0 Å². The van der Waals surface area contributed by atoms with Crippen LogP contribution in [0.25, 0.3) is 0 Å². The van der Waals surface area contributed by atoms with Gasteiger partial charge in [0.2, 0.25) is 10.0 Å². The third kappa shape index (κ3) is 3.77. The minimum absolute atomic E-state index is 0.0525. The van der Waals surface area contributed by atoms with Gasteiger partial charge in [0.05, 0.1) is 11.9 Å². The summed E-state index contributed by atoms with van der Waals surface area (Å²) in [6.45, 7) is 4.30. The van der Waals surface area contributed by atoms with Crippen LogP contribution in [0.3, 0.4) is 0 Å². The highest BCUT2D eigenvalue weighted by atomic mass is 32.2. The molecule has 1 fully saturated rings. The molecule has 2 heterocycles. The predicted molar refractivity (Wildman–Crippen MR) is 72.1 cm³/mol. The molecule has 0 saturated carbocycles. The lowest BCUT2D eigenvalue weighted by atomic mass is 10.1. The van der Waals surface area contributed by atoms with Crippen LogP contribution in [0, 0.1) is 6.92 Å². The Kier molecular flexibility index (Phi) is 4.27. The van der Waals surface area contributed by atoms with Gasteiger partial charge in [0, 0.05) is 32.2 Å². The van der Waals surface area contributed by atoms with E-state index in [1.54, 1.807) is 7.05 Å². The van der Waals surface area contributed by atoms with Crippen LogP contribution in [-0.2, 0) is 16.6 Å². The number of rotatable bonds is 4. The fraction of sp³-hybridized carbons (Fsp3) is 0.750. The zero-order chi connectivity index (χ0) is 14.0. The van der Waals surface area contributed by atoms with Crippen molar-refractivity contribution >= 4 is 10.0 Å². The molecule has 19 heavy (non-hydrogen) atoms. The number of sulfonamides is 1. The Morgan fingerprint density at radius 3 is 2.89 bits per heavy atom. The first-order valence-corrected chi connectivity index (χ1v) is 8.28. The number of likely N-dealkylation sites (N-methyl/N-ethyl adjacent to an activating group) is 1. The first-order valence-electron chi connectivity index (χ1n) is 6.44. The van der Waals surface area contributed by atoms with E-state index < -0.39 is 10.0 Å². The Morgan fingerprint density at radius 1 is 1.58 bits per heavy atom. The second-order valence-electron chi connectivity index (χ2n) is 5.24. The van der Waals surface area contributed by atoms with E-state index in [1.807, 2.05) is 13.0 Å². The number of likely N-dealkylation sites (tertiary alicyclic amines) is 1. The summed E-state index contributed by atoms with van der Waals surface area (Å²) in [7, 11) is -1.47. The highest BCUT2D eigenvalue weighted by Crippen LogP contribution is 2.18. The standard InChI is InChI=1S/C12H21N3O3S/c1-10-7-11(13-18-10)8-15-6-4-5-12(9-15)14(2)19(3,16)17/h7,12H,4-6,8-9H2,1-3H3. The first kappa shape index (κ1) is 14.5. The molecule has 1 atom stereocenters. The largest absolute Gasteiger partial charge is 0.361 e. The zero-order valence-electron chi connectivity index (χ0n) is 11.7. The minimum atomic E-state index is -3.12. The van der Waals surface area contributed by atoms with Crippen molar-refractivity contribution in [2.24, 2.45) is 0 Å². The maximum absolute atomic E-state index is 11.6. The Balaban J connectivity index is 1.97. The van der Waals surface area contributed by atoms with Crippen molar-refractivity contribution in [3.63, 3.8) is 0 Å². The van der Waals surface area contributed by atoms with Crippen molar-refractivity contribution in [2.75, 3.05) is 26.4 Å². The van der Waals surface area contributed by atoms with Gasteiger partial charge in [0.1, 0.15) is 5.76 Å². The smallest absolute Gasteiger partial charge is 0.211 e. The summed E-state index contributed by atoms with van der Waals surface area (Å²) >= 11 is 0. The molecule has 1 aromatic heterocycles. The summed E-state index contributed by atoms with van der Waals surface area (Å²) in [6.07, 6.45) is 3.17. The van der Waals surface area contributed by atoms with E-state index in [9.17, 15) is 8.42 Å². The molecule has 6 nitrogen and oxygen atoms in total. The number of hydrogen-bond donors (Lipinski definition) is 0. The maximum atomic E-state index is 11.6. The lowest BCUT2D eigenvalue weighted by Gasteiger charge is -2.36. The molecule has 0 bridgehead atoms. The molecule has 108 valence electrons. The Hall–Kier alpha value is -0.920. The summed E-state index contributed by atoms with van der Waals surface area (Å²) in [5.41, 5.74) is 0.903. The van der Waals surface area contributed by atoms with Gasteiger partial charge >= 0.3 is 0 Å². The number of aromatic nitrogens is 1. The van der Waals surface area contributed by atoms with E-state index in [-0.39, 0.29) is 6.04 Å². The second kappa shape index (κ2) is 5.60. The Morgan fingerprint density at radius 2 is 2.32 bits per heavy atom. The van der Waals surface area contributed by atoms with E-state index in [2.05, 4.69) is 10.1 Å². The molecule has 1 aliphatic rings. The molecule has 1 aromatic rings. The molecule has 0 aromatic carbocycles. The molecule has 1 aliphatic heterocycles. The van der Waals surface area contributed by atoms with Crippen LogP contribution in [0.5, 0.6) is 0 Å². The highest BCUT2D eigenvalue weighted by molar-refractivity contribution is 7.88. The zero-order valence-corrected chi connectivity index (χ0v) is 12.5. The van der Waals surface area contributed by atoms with Gasteiger partial charge in [-0.2, -0.15) is 0 Å². The van der Waals surface area contributed by atoms with Crippen LogP contribution in [0.2, 0.25) is 0 Å². The lowest BCUT2D eigenvalue weighted by molar-refractivity contribution is 0.150. The fourth-order valence-corrected chi connectivity index (χ4v) is 3.18. The topological polar surface area (TPSA) is 66.7 Å². The molecule has 0 N–H and O–H groups in total. The summed E-state index contributed by atoms with van der Waals surface area (Å²) in [5, 5.41) is 3.98. The monoisotopic (exact) mass is 287 g/mol. The van der Waals surface area contributed by atoms with E-state index >= 15 is 0 Å². The quantitative estimate of drug-likeness (QED) is 0.821. The summed E-state index contributed by atoms with van der Waals surface area (Å²) in [5.74, 6) is 0.803. The number of aryl methyl sites for hydroxylation is 1. The SMILES string of the molecule is Cc1cc(CN2CCCC(N(C)S(C)(=O)=O)C2)no1. The van der Waals surface area contributed by atoms with Crippen molar-refractivity contribution in [3.8, 4) is 0 Å². The van der Waals surface area contributed by atoms with Crippen LogP contribution in [-0.4, -0.2) is 55.2 Å². The molecule has 7 heteroatoms. The van der Waals surface area contributed by atoms with Crippen LogP contribution in [0.1, 0.15) is 24.3 Å². The van der Waals surface area contributed by atoms with E-state index in [0.717, 1.165) is 37.4 Å². The molecular weight excluding hydrogens is 266 g/mol.